The minimum Gasteiger partial charge on any atom is -0.502 e. The summed E-state index contributed by atoms with van der Waals surface area (Å²) in [6.45, 7) is 1.81. The zero-order chi connectivity index (χ0) is 29.6. The van der Waals surface area contributed by atoms with Crippen LogP contribution in [-0.2, 0) is 24.0 Å². The Hall–Kier alpha value is -4.21. The van der Waals surface area contributed by atoms with Gasteiger partial charge < -0.3 is 19.7 Å². The third-order valence-corrected chi connectivity index (χ3v) is 8.76. The summed E-state index contributed by atoms with van der Waals surface area (Å²) in [6, 6.07) is 3.22. The maximum atomic E-state index is 13.8. The van der Waals surface area contributed by atoms with Crippen LogP contribution in [0.4, 0.5) is 0 Å². The Bertz CT molecular complexity index is 1420. The maximum absolute atomic E-state index is 13.8. The van der Waals surface area contributed by atoms with Crippen LogP contribution in [0.5, 0.6) is 17.2 Å². The van der Waals surface area contributed by atoms with E-state index < -0.39 is 29.6 Å². The molecule has 1 heterocycles. The Morgan fingerprint density at radius 1 is 1.00 bits per heavy atom. The number of hydrogen-bond acceptors (Lipinski definition) is 8. The lowest BCUT2D eigenvalue weighted by atomic mass is 9.59. The summed E-state index contributed by atoms with van der Waals surface area (Å²) in [5.41, 5.74) is 2.37. The molecule has 5 rings (SSSR count). The van der Waals surface area contributed by atoms with Crippen molar-refractivity contribution in [2.45, 2.75) is 51.4 Å². The van der Waals surface area contributed by atoms with E-state index in [1.807, 2.05) is 6.08 Å². The van der Waals surface area contributed by atoms with Crippen molar-refractivity contribution in [1.29, 1.82) is 0 Å². The van der Waals surface area contributed by atoms with Crippen LogP contribution >= 0.6 is 0 Å². The van der Waals surface area contributed by atoms with E-state index in [0.29, 0.717) is 48.0 Å². The number of carbonyl (C=O) groups excluding carboxylic acids is 4. The number of likely N-dealkylation sites (tertiary alicyclic amines) is 1. The molecule has 10 heteroatoms. The van der Waals surface area contributed by atoms with Crippen LogP contribution in [0.25, 0.3) is 0 Å². The minimum atomic E-state index is -0.881. The van der Waals surface area contributed by atoms with Crippen LogP contribution in [0.15, 0.2) is 46.6 Å². The van der Waals surface area contributed by atoms with Crippen molar-refractivity contribution in [3.05, 3.63) is 52.1 Å². The molecule has 1 saturated heterocycles. The second-order valence-corrected chi connectivity index (χ2v) is 11.0. The number of unbranched alkanes of at least 4 members (excludes halogenated alkanes) is 2. The first-order valence-electron chi connectivity index (χ1n) is 13.8. The largest absolute Gasteiger partial charge is 0.502 e. The molecule has 41 heavy (non-hydrogen) atoms. The molecule has 1 aromatic rings. The molecular weight excluding hydrogens is 530 g/mol. The zero-order valence-electron chi connectivity index (χ0n) is 23.3. The summed E-state index contributed by atoms with van der Waals surface area (Å²) in [5, 5.41) is 19.4. The van der Waals surface area contributed by atoms with Crippen molar-refractivity contribution in [2.24, 2.45) is 17.8 Å². The second-order valence-electron chi connectivity index (χ2n) is 11.0. The van der Waals surface area contributed by atoms with E-state index in [1.165, 1.54) is 25.2 Å². The van der Waals surface area contributed by atoms with Crippen molar-refractivity contribution in [3.8, 4) is 17.2 Å². The van der Waals surface area contributed by atoms with Gasteiger partial charge in [0.25, 0.3) is 0 Å². The summed E-state index contributed by atoms with van der Waals surface area (Å²) in [4.78, 5) is 66.1. The number of aromatic hydroxyl groups is 1. The van der Waals surface area contributed by atoms with Crippen molar-refractivity contribution in [2.75, 3.05) is 20.8 Å². The Morgan fingerprint density at radius 2 is 1.68 bits per heavy atom. The molecule has 216 valence electrons. The number of Topliss-reactive ketones (excluding diaryl/α,β-unsaturated/α-hetero) is 1. The molecule has 2 N–H and O–H groups in total. The molecule has 0 aromatic heterocycles. The van der Waals surface area contributed by atoms with E-state index in [9.17, 15) is 29.1 Å². The van der Waals surface area contributed by atoms with Gasteiger partial charge in [-0.2, -0.15) is 0 Å². The summed E-state index contributed by atoms with van der Waals surface area (Å²) < 4.78 is 10.7. The van der Waals surface area contributed by atoms with Crippen LogP contribution in [0.3, 0.4) is 0 Å². The molecule has 4 aliphatic rings. The SMILES string of the molecule is COc1cc(C2C3=CCC4C(=O)N(CCCCCC(=O)O)C(=O)C4C3CC3=C2C(=O)C=C(C)C3=O)cc(OC)c1O. The molecule has 1 aromatic carbocycles. The molecular formula is C31H33NO9. The fraction of sp³-hybridized carbons (Fsp3) is 0.452. The summed E-state index contributed by atoms with van der Waals surface area (Å²) >= 11 is 0. The highest BCUT2D eigenvalue weighted by Gasteiger charge is 2.56. The molecule has 4 unspecified atom stereocenters. The van der Waals surface area contributed by atoms with Crippen molar-refractivity contribution in [3.63, 3.8) is 0 Å². The van der Waals surface area contributed by atoms with Crippen molar-refractivity contribution in [1.82, 2.24) is 4.90 Å². The number of phenols is 1. The number of allylic oxidation sites excluding steroid dienone is 6. The van der Waals surface area contributed by atoms with E-state index >= 15 is 0 Å². The van der Waals surface area contributed by atoms with E-state index in [2.05, 4.69) is 0 Å². The number of nitrogens with zero attached hydrogens (tertiary/aromatic N) is 1. The number of hydrogen-bond donors (Lipinski definition) is 2. The number of aliphatic carboxylic acids is 1. The number of fused-ring (bicyclic) bond motifs is 3. The molecule has 10 nitrogen and oxygen atoms in total. The standard InChI is InChI=1S/C31H33NO9/c1-15-11-21(33)27-20(28(15)36)14-19-17(25(27)16-12-22(40-2)29(37)23(13-16)41-3)8-9-18-26(19)31(39)32(30(18)38)10-6-4-5-7-24(34)35/h8,11-13,18-19,25-26,37H,4-7,9-10,14H2,1-3H3,(H,34,35). The molecule has 0 saturated carbocycles. The zero-order valence-corrected chi connectivity index (χ0v) is 23.3. The number of benzene rings is 1. The molecule has 1 aliphatic heterocycles. The van der Waals surface area contributed by atoms with Gasteiger partial charge in [-0.15, -0.1) is 0 Å². The highest BCUT2D eigenvalue weighted by atomic mass is 16.5. The fourth-order valence-corrected chi connectivity index (χ4v) is 6.85. The molecule has 2 amide bonds. The molecule has 0 spiro atoms. The highest BCUT2D eigenvalue weighted by Crippen LogP contribution is 2.56. The van der Waals surface area contributed by atoms with E-state index in [4.69, 9.17) is 14.6 Å². The molecule has 1 fully saturated rings. The third kappa shape index (κ3) is 4.75. The van der Waals surface area contributed by atoms with Gasteiger partial charge in [0.2, 0.25) is 17.6 Å². The fourth-order valence-electron chi connectivity index (χ4n) is 6.85. The molecule has 4 atom stereocenters. The number of phenolic OH excluding ortho intramolecular Hbond substituents is 1. The number of ether oxygens (including phenoxy) is 2. The van der Waals surface area contributed by atoms with E-state index in [1.54, 1.807) is 19.1 Å². The Balaban J connectivity index is 1.54. The number of carbonyl (C=O) groups is 5. The van der Waals surface area contributed by atoms with Crippen molar-refractivity contribution >= 4 is 29.4 Å². The predicted molar refractivity (Wildman–Crippen MR) is 145 cm³/mol. The molecule has 0 radical (unpaired) electrons. The smallest absolute Gasteiger partial charge is 0.303 e. The summed E-state index contributed by atoms with van der Waals surface area (Å²) in [6.07, 6.45) is 5.35. The second kappa shape index (κ2) is 11.0. The van der Waals surface area contributed by atoms with Crippen LogP contribution in [0, 0.1) is 17.8 Å². The van der Waals surface area contributed by atoms with Gasteiger partial charge in [-0.25, -0.2) is 0 Å². The third-order valence-electron chi connectivity index (χ3n) is 8.76. The van der Waals surface area contributed by atoms with Gasteiger partial charge in [-0.3, -0.25) is 28.9 Å². The highest BCUT2D eigenvalue weighted by molar-refractivity contribution is 6.23. The lowest BCUT2D eigenvalue weighted by Crippen LogP contribution is -2.39. The quantitative estimate of drug-likeness (QED) is 0.199. The average Bonchev–Trinajstić information content (AvgIpc) is 3.19. The summed E-state index contributed by atoms with van der Waals surface area (Å²) in [5.74, 6) is -4.28. The number of carboxylic acids is 1. The van der Waals surface area contributed by atoms with Crippen molar-refractivity contribution < 1.29 is 43.7 Å². The van der Waals surface area contributed by atoms with Gasteiger partial charge in [0.15, 0.2) is 23.1 Å². The molecule has 3 aliphatic carbocycles. The normalized spacial score (nSPS) is 25.4. The van der Waals surface area contributed by atoms with Gasteiger partial charge >= 0.3 is 5.97 Å². The number of ketones is 2. The Labute approximate surface area is 237 Å². The predicted octanol–water partition coefficient (Wildman–Crippen LogP) is 3.48. The number of rotatable bonds is 9. The number of carboxylic acid groups (broad SMARTS) is 1. The lowest BCUT2D eigenvalue weighted by Gasteiger charge is -2.42. The number of imide groups is 1. The van der Waals surface area contributed by atoms with E-state index in [0.717, 1.165) is 5.57 Å². The first-order chi connectivity index (χ1) is 19.6. The number of methoxy groups -OCH3 is 2. The van der Waals surface area contributed by atoms with Crippen LogP contribution in [-0.4, -0.2) is 65.2 Å². The van der Waals surface area contributed by atoms with Gasteiger partial charge in [0.05, 0.1) is 26.1 Å². The van der Waals surface area contributed by atoms with E-state index in [-0.39, 0.29) is 60.0 Å². The first-order valence-corrected chi connectivity index (χ1v) is 13.8. The van der Waals surface area contributed by atoms with Gasteiger partial charge in [-0.1, -0.05) is 18.1 Å². The number of amides is 2. The maximum Gasteiger partial charge on any atom is 0.303 e. The first kappa shape index (κ1) is 28.3. The van der Waals surface area contributed by atoms with Gasteiger partial charge in [-0.05, 0) is 62.3 Å². The van der Waals surface area contributed by atoms with Crippen LogP contribution < -0.4 is 9.47 Å². The van der Waals surface area contributed by atoms with Crippen LogP contribution in [0.1, 0.15) is 56.9 Å². The Kier molecular flexibility index (Phi) is 7.59. The monoisotopic (exact) mass is 563 g/mol. The van der Waals surface area contributed by atoms with Crippen LogP contribution in [0.2, 0.25) is 0 Å². The van der Waals surface area contributed by atoms with Gasteiger partial charge in [0, 0.05) is 35.6 Å². The minimum absolute atomic E-state index is 0.0365. The lowest BCUT2D eigenvalue weighted by molar-refractivity contribution is -0.141. The molecule has 0 bridgehead atoms. The topological polar surface area (TPSA) is 148 Å². The Morgan fingerprint density at radius 3 is 2.32 bits per heavy atom. The summed E-state index contributed by atoms with van der Waals surface area (Å²) in [7, 11) is 2.80. The van der Waals surface area contributed by atoms with Gasteiger partial charge in [0.1, 0.15) is 0 Å². The average molecular weight is 564 g/mol.